The van der Waals surface area contributed by atoms with Gasteiger partial charge in [0.2, 0.25) is 0 Å². The second-order valence-electron chi connectivity index (χ2n) is 4.10. The first kappa shape index (κ1) is 14.8. The highest BCUT2D eigenvalue weighted by Gasteiger charge is 2.35. The van der Waals surface area contributed by atoms with Gasteiger partial charge in [-0.3, -0.25) is 5.84 Å². The third-order valence-corrected chi connectivity index (χ3v) is 3.03. The van der Waals surface area contributed by atoms with Gasteiger partial charge in [-0.2, -0.15) is 13.2 Å². The maximum atomic E-state index is 13.0. The number of pyridine rings is 1. The van der Waals surface area contributed by atoms with Crippen LogP contribution in [0.1, 0.15) is 22.7 Å². The van der Waals surface area contributed by atoms with Crippen molar-refractivity contribution in [1.82, 2.24) is 10.4 Å². The Morgan fingerprint density at radius 3 is 2.50 bits per heavy atom. The molecule has 1 atom stereocenters. The summed E-state index contributed by atoms with van der Waals surface area (Å²) in [5.74, 6) is 5.42. The monoisotopic (exact) mass is 301 g/mol. The first-order valence-corrected chi connectivity index (χ1v) is 6.05. The van der Waals surface area contributed by atoms with Crippen LogP contribution in [0.2, 0.25) is 5.15 Å². The fourth-order valence-electron chi connectivity index (χ4n) is 1.97. The summed E-state index contributed by atoms with van der Waals surface area (Å²) in [4.78, 5) is 3.80. The molecule has 0 aliphatic carbocycles. The molecule has 0 saturated carbocycles. The zero-order chi connectivity index (χ0) is 14.8. The standard InChI is InChI=1S/C13H11ClF3N3/c14-11-7-8(5-6-19-11)12(20-18)9-3-1-2-4-10(9)13(15,16)17/h1-7,12,20H,18H2. The van der Waals surface area contributed by atoms with Gasteiger partial charge in [0, 0.05) is 6.20 Å². The molecule has 0 aliphatic heterocycles. The average molecular weight is 302 g/mol. The zero-order valence-corrected chi connectivity index (χ0v) is 10.9. The van der Waals surface area contributed by atoms with Crippen LogP contribution in [0.3, 0.4) is 0 Å². The number of hydrogen-bond donors (Lipinski definition) is 2. The number of alkyl halides is 3. The maximum absolute atomic E-state index is 13.0. The second-order valence-corrected chi connectivity index (χ2v) is 4.48. The minimum atomic E-state index is -4.46. The number of hydrogen-bond acceptors (Lipinski definition) is 3. The molecule has 1 unspecified atom stereocenters. The van der Waals surface area contributed by atoms with Crippen molar-refractivity contribution in [2.45, 2.75) is 12.2 Å². The smallest absolute Gasteiger partial charge is 0.271 e. The number of benzene rings is 1. The van der Waals surface area contributed by atoms with Crippen LogP contribution in [0, 0.1) is 0 Å². The van der Waals surface area contributed by atoms with Crippen LogP contribution >= 0.6 is 11.6 Å². The normalized spacial score (nSPS) is 13.2. The molecule has 1 aromatic carbocycles. The van der Waals surface area contributed by atoms with Gasteiger partial charge in [0.1, 0.15) is 5.15 Å². The molecule has 2 aromatic rings. The Morgan fingerprint density at radius 1 is 1.20 bits per heavy atom. The predicted molar refractivity (Wildman–Crippen MR) is 69.9 cm³/mol. The first-order chi connectivity index (χ1) is 9.43. The van der Waals surface area contributed by atoms with Gasteiger partial charge in [0.15, 0.2) is 0 Å². The van der Waals surface area contributed by atoms with E-state index in [1.165, 1.54) is 30.5 Å². The Kier molecular flexibility index (Phi) is 4.27. The maximum Gasteiger partial charge on any atom is 0.416 e. The minimum absolute atomic E-state index is 0.0322. The second kappa shape index (κ2) is 5.78. The van der Waals surface area contributed by atoms with Crippen molar-refractivity contribution in [3.63, 3.8) is 0 Å². The number of aromatic nitrogens is 1. The number of hydrazine groups is 1. The molecule has 0 fully saturated rings. The largest absolute Gasteiger partial charge is 0.416 e. The van der Waals surface area contributed by atoms with Crippen LogP contribution in [0.25, 0.3) is 0 Å². The summed E-state index contributed by atoms with van der Waals surface area (Å²) < 4.78 is 39.1. The Balaban J connectivity index is 2.53. The summed E-state index contributed by atoms with van der Waals surface area (Å²) in [6.07, 6.45) is -3.04. The summed E-state index contributed by atoms with van der Waals surface area (Å²) in [6.45, 7) is 0. The summed E-state index contributed by atoms with van der Waals surface area (Å²) in [5.41, 5.74) is 2.18. The van der Waals surface area contributed by atoms with Gasteiger partial charge >= 0.3 is 6.18 Å². The van der Waals surface area contributed by atoms with E-state index in [9.17, 15) is 13.2 Å². The van der Waals surface area contributed by atoms with E-state index in [0.717, 1.165) is 6.07 Å². The summed E-state index contributed by atoms with van der Waals surface area (Å²) in [5, 5.41) is 0.187. The van der Waals surface area contributed by atoms with Crippen molar-refractivity contribution >= 4 is 11.6 Å². The van der Waals surface area contributed by atoms with Gasteiger partial charge in [-0.25, -0.2) is 10.4 Å². The molecule has 0 aliphatic rings. The van der Waals surface area contributed by atoms with Gasteiger partial charge in [-0.05, 0) is 29.3 Å². The SMILES string of the molecule is NNC(c1ccnc(Cl)c1)c1ccccc1C(F)(F)F. The van der Waals surface area contributed by atoms with Crippen molar-refractivity contribution < 1.29 is 13.2 Å². The molecule has 106 valence electrons. The lowest BCUT2D eigenvalue weighted by molar-refractivity contribution is -0.138. The third-order valence-electron chi connectivity index (χ3n) is 2.83. The van der Waals surface area contributed by atoms with E-state index in [2.05, 4.69) is 10.4 Å². The Morgan fingerprint density at radius 2 is 1.90 bits per heavy atom. The Labute approximate surface area is 118 Å². The molecule has 3 nitrogen and oxygen atoms in total. The summed E-state index contributed by atoms with van der Waals surface area (Å²) in [7, 11) is 0. The topological polar surface area (TPSA) is 50.9 Å². The lowest BCUT2D eigenvalue weighted by atomic mass is 9.95. The number of nitrogens with zero attached hydrogens (tertiary/aromatic N) is 1. The summed E-state index contributed by atoms with van der Waals surface area (Å²) >= 11 is 5.76. The molecule has 0 saturated heterocycles. The first-order valence-electron chi connectivity index (χ1n) is 5.67. The quantitative estimate of drug-likeness (QED) is 0.519. The van der Waals surface area contributed by atoms with Crippen LogP contribution < -0.4 is 11.3 Å². The predicted octanol–water partition coefficient (Wildman–Crippen LogP) is 3.31. The molecule has 1 aromatic heterocycles. The highest BCUT2D eigenvalue weighted by molar-refractivity contribution is 6.29. The number of rotatable bonds is 3. The number of nitrogens with two attached hydrogens (primary N) is 1. The van der Waals surface area contributed by atoms with E-state index in [0.29, 0.717) is 5.56 Å². The lowest BCUT2D eigenvalue weighted by Gasteiger charge is -2.21. The zero-order valence-electron chi connectivity index (χ0n) is 10.2. The van der Waals surface area contributed by atoms with Crippen molar-refractivity contribution in [2.24, 2.45) is 5.84 Å². The van der Waals surface area contributed by atoms with Gasteiger partial charge in [0.25, 0.3) is 0 Å². The highest BCUT2D eigenvalue weighted by atomic mass is 35.5. The van der Waals surface area contributed by atoms with Crippen molar-refractivity contribution in [1.29, 1.82) is 0 Å². The molecular formula is C13H11ClF3N3. The van der Waals surface area contributed by atoms with E-state index in [-0.39, 0.29) is 10.7 Å². The van der Waals surface area contributed by atoms with E-state index in [4.69, 9.17) is 17.4 Å². The van der Waals surface area contributed by atoms with E-state index >= 15 is 0 Å². The fraction of sp³-hybridized carbons (Fsp3) is 0.154. The van der Waals surface area contributed by atoms with Crippen LogP contribution in [0.4, 0.5) is 13.2 Å². The average Bonchev–Trinajstić information content (AvgIpc) is 2.39. The van der Waals surface area contributed by atoms with Crippen LogP contribution in [0.15, 0.2) is 42.6 Å². The molecule has 0 amide bonds. The van der Waals surface area contributed by atoms with Crippen molar-refractivity contribution in [2.75, 3.05) is 0 Å². The Hall–Kier alpha value is -1.63. The molecule has 1 heterocycles. The van der Waals surface area contributed by atoms with Crippen LogP contribution in [0.5, 0.6) is 0 Å². The molecule has 0 bridgehead atoms. The third kappa shape index (κ3) is 3.09. The van der Waals surface area contributed by atoms with Crippen molar-refractivity contribution in [3.05, 3.63) is 64.4 Å². The van der Waals surface area contributed by atoms with Crippen molar-refractivity contribution in [3.8, 4) is 0 Å². The minimum Gasteiger partial charge on any atom is -0.271 e. The Bertz CT molecular complexity index is 601. The fourth-order valence-corrected chi connectivity index (χ4v) is 2.15. The molecule has 7 heteroatoms. The highest BCUT2D eigenvalue weighted by Crippen LogP contribution is 2.36. The lowest BCUT2D eigenvalue weighted by Crippen LogP contribution is -2.30. The van der Waals surface area contributed by atoms with E-state index in [1.54, 1.807) is 6.07 Å². The van der Waals surface area contributed by atoms with E-state index < -0.39 is 17.8 Å². The van der Waals surface area contributed by atoms with E-state index in [1.807, 2.05) is 0 Å². The molecule has 2 rings (SSSR count). The molecule has 3 N–H and O–H groups in total. The summed E-state index contributed by atoms with van der Waals surface area (Å²) in [6, 6.07) is 7.46. The molecular weight excluding hydrogens is 291 g/mol. The van der Waals surface area contributed by atoms with Gasteiger partial charge in [0.05, 0.1) is 11.6 Å². The molecule has 20 heavy (non-hydrogen) atoms. The van der Waals surface area contributed by atoms with Gasteiger partial charge < -0.3 is 0 Å². The molecule has 0 radical (unpaired) electrons. The number of halogens is 4. The number of nitrogens with one attached hydrogen (secondary N) is 1. The van der Waals surface area contributed by atoms with Gasteiger partial charge in [-0.15, -0.1) is 0 Å². The van der Waals surface area contributed by atoms with Gasteiger partial charge in [-0.1, -0.05) is 29.8 Å². The van der Waals surface area contributed by atoms with Crippen LogP contribution in [-0.4, -0.2) is 4.98 Å². The van der Waals surface area contributed by atoms with Crippen LogP contribution in [-0.2, 0) is 6.18 Å². The molecule has 0 spiro atoms.